The first kappa shape index (κ1) is 22.1. The van der Waals surface area contributed by atoms with Gasteiger partial charge in [-0.15, -0.1) is 0 Å². The maximum absolute atomic E-state index is 12.9. The smallest absolute Gasteiger partial charge is 0.251 e. The Balaban J connectivity index is 1.14. The van der Waals surface area contributed by atoms with Gasteiger partial charge in [0, 0.05) is 43.8 Å². The molecule has 2 aromatic heterocycles. The quantitative estimate of drug-likeness (QED) is 0.632. The standard InChI is InChI=1S/C27H29N5O2/c1-19-15-27(16-19,18-28)26(34)32-11-7-22(8-12-32)21-2-4-23(5-3-21)25(33)30-17-20-6-10-31-13-9-29-24(31)14-20/h2-6,9-10,13-14,19,22H,7-8,11-12,15-17H2,1H3,(H,30,33). The van der Waals surface area contributed by atoms with Crippen LogP contribution in [0.5, 0.6) is 0 Å². The third-order valence-corrected chi connectivity index (χ3v) is 7.36. The highest BCUT2D eigenvalue weighted by Gasteiger charge is 2.51. The third-order valence-electron chi connectivity index (χ3n) is 7.36. The topological polar surface area (TPSA) is 90.5 Å². The molecule has 1 N–H and O–H groups in total. The predicted molar refractivity (Wildman–Crippen MR) is 128 cm³/mol. The number of benzene rings is 1. The van der Waals surface area contributed by atoms with Crippen LogP contribution in [0.25, 0.3) is 5.65 Å². The molecule has 3 aromatic rings. The van der Waals surface area contributed by atoms with Gasteiger partial charge in [-0.1, -0.05) is 19.1 Å². The van der Waals surface area contributed by atoms with Gasteiger partial charge in [-0.3, -0.25) is 9.59 Å². The first-order chi connectivity index (χ1) is 16.5. The predicted octanol–water partition coefficient (Wildman–Crippen LogP) is 3.91. The number of fused-ring (bicyclic) bond motifs is 1. The average Bonchev–Trinajstić information content (AvgIpc) is 3.33. The Morgan fingerprint density at radius 1 is 1.15 bits per heavy atom. The van der Waals surface area contributed by atoms with Gasteiger partial charge in [0.1, 0.15) is 11.1 Å². The van der Waals surface area contributed by atoms with Crippen LogP contribution in [0.3, 0.4) is 0 Å². The number of aromatic nitrogens is 2. The number of carbonyl (C=O) groups is 2. The number of hydrogen-bond donors (Lipinski definition) is 1. The van der Waals surface area contributed by atoms with Gasteiger partial charge in [0.05, 0.1) is 6.07 Å². The van der Waals surface area contributed by atoms with Gasteiger partial charge < -0.3 is 14.6 Å². The minimum absolute atomic E-state index is 0.0190. The molecule has 7 nitrogen and oxygen atoms in total. The first-order valence-electron chi connectivity index (χ1n) is 12.0. The molecule has 0 radical (unpaired) electrons. The maximum Gasteiger partial charge on any atom is 0.251 e. The summed E-state index contributed by atoms with van der Waals surface area (Å²) in [6.45, 7) is 3.91. The van der Waals surface area contributed by atoms with Crippen molar-refractivity contribution in [2.45, 2.75) is 45.1 Å². The minimum atomic E-state index is -0.786. The first-order valence-corrected chi connectivity index (χ1v) is 12.0. The van der Waals surface area contributed by atoms with Crippen LogP contribution in [0.1, 0.15) is 60.0 Å². The number of carbonyl (C=O) groups excluding carboxylic acids is 2. The van der Waals surface area contributed by atoms with Crippen LogP contribution in [0, 0.1) is 22.7 Å². The Kier molecular flexibility index (Phi) is 5.82. The molecular formula is C27H29N5O2. The second-order valence-corrected chi connectivity index (χ2v) is 9.81. The Morgan fingerprint density at radius 2 is 1.88 bits per heavy atom. The van der Waals surface area contributed by atoms with E-state index in [4.69, 9.17) is 0 Å². The molecule has 34 heavy (non-hydrogen) atoms. The van der Waals surface area contributed by atoms with Crippen molar-refractivity contribution in [2.24, 2.45) is 11.3 Å². The molecule has 174 valence electrons. The fraction of sp³-hybridized carbons (Fsp3) is 0.407. The summed E-state index contributed by atoms with van der Waals surface area (Å²) in [5, 5.41) is 12.5. The molecule has 0 atom stereocenters. The number of nitriles is 1. The molecular weight excluding hydrogens is 426 g/mol. The highest BCUT2D eigenvalue weighted by atomic mass is 16.2. The van der Waals surface area contributed by atoms with E-state index >= 15 is 0 Å². The molecule has 0 spiro atoms. The number of hydrogen-bond acceptors (Lipinski definition) is 4. The molecule has 0 bridgehead atoms. The van der Waals surface area contributed by atoms with E-state index in [-0.39, 0.29) is 11.8 Å². The Hall–Kier alpha value is -3.66. The summed E-state index contributed by atoms with van der Waals surface area (Å²) >= 11 is 0. The molecule has 2 fully saturated rings. The Bertz CT molecular complexity index is 1240. The van der Waals surface area contributed by atoms with E-state index in [1.165, 1.54) is 5.56 Å². The normalized spacial score (nSPS) is 22.7. The highest BCUT2D eigenvalue weighted by molar-refractivity contribution is 5.94. The number of nitrogens with one attached hydrogen (secondary N) is 1. The Labute approximate surface area is 199 Å². The summed E-state index contributed by atoms with van der Waals surface area (Å²) in [4.78, 5) is 31.7. The summed E-state index contributed by atoms with van der Waals surface area (Å²) in [5.41, 5.74) is 2.90. The lowest BCUT2D eigenvalue weighted by Crippen LogP contribution is -2.51. The second kappa shape index (κ2) is 8.94. The van der Waals surface area contributed by atoms with Crippen molar-refractivity contribution in [3.8, 4) is 6.07 Å². The van der Waals surface area contributed by atoms with Gasteiger partial charge in [-0.25, -0.2) is 4.98 Å². The molecule has 3 heterocycles. The largest absolute Gasteiger partial charge is 0.348 e. The van der Waals surface area contributed by atoms with Crippen LogP contribution in [0.2, 0.25) is 0 Å². The van der Waals surface area contributed by atoms with Crippen molar-refractivity contribution in [2.75, 3.05) is 13.1 Å². The van der Waals surface area contributed by atoms with Crippen LogP contribution in [-0.2, 0) is 11.3 Å². The zero-order valence-electron chi connectivity index (χ0n) is 19.4. The van der Waals surface area contributed by atoms with Crippen LogP contribution in [0.4, 0.5) is 0 Å². The SMILES string of the molecule is CC1CC(C#N)(C(=O)N2CCC(c3ccc(C(=O)NCc4ccn5ccnc5c4)cc3)CC2)C1. The molecule has 1 aliphatic carbocycles. The molecule has 7 heteroatoms. The lowest BCUT2D eigenvalue weighted by Gasteiger charge is -2.44. The van der Waals surface area contributed by atoms with Crippen molar-refractivity contribution in [1.82, 2.24) is 19.6 Å². The molecule has 1 aliphatic heterocycles. The van der Waals surface area contributed by atoms with Crippen LogP contribution in [0.15, 0.2) is 55.0 Å². The van der Waals surface area contributed by atoms with E-state index in [9.17, 15) is 14.9 Å². The van der Waals surface area contributed by atoms with E-state index < -0.39 is 5.41 Å². The van der Waals surface area contributed by atoms with Crippen LogP contribution in [-0.4, -0.2) is 39.2 Å². The second-order valence-electron chi connectivity index (χ2n) is 9.81. The fourth-order valence-electron chi connectivity index (χ4n) is 5.42. The van der Waals surface area contributed by atoms with Gasteiger partial charge in [-0.2, -0.15) is 5.26 Å². The van der Waals surface area contributed by atoms with Gasteiger partial charge in [0.15, 0.2) is 0 Å². The molecule has 0 unspecified atom stereocenters. The van der Waals surface area contributed by atoms with Crippen molar-refractivity contribution in [3.05, 3.63) is 71.7 Å². The molecule has 1 saturated carbocycles. The fourth-order valence-corrected chi connectivity index (χ4v) is 5.42. The van der Waals surface area contributed by atoms with E-state index in [1.807, 2.05) is 58.1 Å². The number of nitrogens with zero attached hydrogens (tertiary/aromatic N) is 4. The number of rotatable bonds is 5. The molecule has 2 aliphatic rings. The minimum Gasteiger partial charge on any atom is -0.348 e. The summed E-state index contributed by atoms with van der Waals surface area (Å²) in [6.07, 6.45) is 8.70. The van der Waals surface area contributed by atoms with E-state index in [0.29, 0.717) is 49.9 Å². The number of amides is 2. The van der Waals surface area contributed by atoms with Crippen LogP contribution < -0.4 is 5.32 Å². The van der Waals surface area contributed by atoms with E-state index in [0.717, 1.165) is 24.1 Å². The van der Waals surface area contributed by atoms with E-state index in [2.05, 4.69) is 23.3 Å². The molecule has 5 rings (SSSR count). The van der Waals surface area contributed by atoms with Gasteiger partial charge in [-0.05, 0) is 72.9 Å². The average molecular weight is 456 g/mol. The number of pyridine rings is 1. The summed E-state index contributed by atoms with van der Waals surface area (Å²) in [6, 6.07) is 14.0. The molecule has 1 aromatic carbocycles. The van der Waals surface area contributed by atoms with Crippen molar-refractivity contribution in [1.29, 1.82) is 5.26 Å². The van der Waals surface area contributed by atoms with Gasteiger partial charge >= 0.3 is 0 Å². The van der Waals surface area contributed by atoms with E-state index in [1.54, 1.807) is 6.20 Å². The van der Waals surface area contributed by atoms with Crippen molar-refractivity contribution < 1.29 is 9.59 Å². The molecule has 2 amide bonds. The summed E-state index contributed by atoms with van der Waals surface area (Å²) in [7, 11) is 0. The lowest BCUT2D eigenvalue weighted by molar-refractivity contribution is -0.146. The monoisotopic (exact) mass is 455 g/mol. The lowest BCUT2D eigenvalue weighted by atomic mass is 9.62. The van der Waals surface area contributed by atoms with Gasteiger partial charge in [0.25, 0.3) is 5.91 Å². The van der Waals surface area contributed by atoms with Gasteiger partial charge in [0.2, 0.25) is 5.91 Å². The number of imidazole rings is 1. The number of likely N-dealkylation sites (tertiary alicyclic amines) is 1. The van der Waals surface area contributed by atoms with Crippen LogP contribution >= 0.6 is 0 Å². The summed E-state index contributed by atoms with van der Waals surface area (Å²) < 4.78 is 1.93. The molecule has 1 saturated heterocycles. The number of piperidine rings is 1. The highest BCUT2D eigenvalue weighted by Crippen LogP contribution is 2.46. The van der Waals surface area contributed by atoms with Crippen molar-refractivity contribution in [3.63, 3.8) is 0 Å². The zero-order valence-corrected chi connectivity index (χ0v) is 19.4. The zero-order chi connectivity index (χ0) is 23.7. The van der Waals surface area contributed by atoms with Crippen molar-refractivity contribution >= 4 is 17.5 Å². The maximum atomic E-state index is 12.9. The summed E-state index contributed by atoms with van der Waals surface area (Å²) in [5.74, 6) is 0.732. The third kappa shape index (κ3) is 4.16. The Morgan fingerprint density at radius 3 is 2.56 bits per heavy atom.